The van der Waals surface area contributed by atoms with Crippen molar-refractivity contribution >= 4 is 17.6 Å². The Kier molecular flexibility index (Phi) is 5.90. The largest absolute Gasteiger partial charge is 0.484 e. The molecule has 2 aromatic rings. The molecular formula is C20H21FN2O4. The Morgan fingerprint density at radius 2 is 1.67 bits per heavy atom. The smallest absolute Gasteiger partial charge is 0.337 e. The molecule has 1 amide bonds. The van der Waals surface area contributed by atoms with Crippen molar-refractivity contribution in [2.45, 2.75) is 0 Å². The molecule has 0 bridgehead atoms. The summed E-state index contributed by atoms with van der Waals surface area (Å²) in [7, 11) is 1.32. The van der Waals surface area contributed by atoms with Gasteiger partial charge in [-0.25, -0.2) is 9.18 Å². The molecular weight excluding hydrogens is 351 g/mol. The lowest BCUT2D eigenvalue weighted by atomic mass is 10.2. The molecule has 1 heterocycles. The van der Waals surface area contributed by atoms with Gasteiger partial charge in [0.05, 0.1) is 18.4 Å². The molecule has 142 valence electrons. The predicted octanol–water partition coefficient (Wildman–Crippen LogP) is 2.34. The SMILES string of the molecule is COC(=O)c1ccc(OCC(=O)N2CCN(c3ccccc3F)CC2)cc1. The normalized spacial score (nSPS) is 14.0. The number of ether oxygens (including phenoxy) is 2. The van der Waals surface area contributed by atoms with E-state index in [0.717, 1.165) is 0 Å². The molecule has 0 saturated carbocycles. The number of halogens is 1. The maximum absolute atomic E-state index is 13.9. The first kappa shape index (κ1) is 18.7. The standard InChI is InChI=1S/C20H21FN2O4/c1-26-20(25)15-6-8-16(9-7-15)27-14-19(24)23-12-10-22(11-13-23)18-5-3-2-4-17(18)21/h2-9H,10-14H2,1H3. The van der Waals surface area contributed by atoms with Crippen LogP contribution in [0.25, 0.3) is 0 Å². The van der Waals surface area contributed by atoms with Crippen molar-refractivity contribution < 1.29 is 23.5 Å². The lowest BCUT2D eigenvalue weighted by molar-refractivity contribution is -0.133. The summed E-state index contributed by atoms with van der Waals surface area (Å²) in [5, 5.41) is 0. The first-order valence-electron chi connectivity index (χ1n) is 8.67. The van der Waals surface area contributed by atoms with Gasteiger partial charge < -0.3 is 19.3 Å². The van der Waals surface area contributed by atoms with Gasteiger partial charge in [-0.3, -0.25) is 4.79 Å². The van der Waals surface area contributed by atoms with E-state index in [-0.39, 0.29) is 18.3 Å². The highest BCUT2D eigenvalue weighted by atomic mass is 19.1. The molecule has 0 atom stereocenters. The number of nitrogens with zero attached hydrogens (tertiary/aromatic N) is 2. The molecule has 0 radical (unpaired) electrons. The predicted molar refractivity (Wildman–Crippen MR) is 98.5 cm³/mol. The highest BCUT2D eigenvalue weighted by molar-refractivity contribution is 5.89. The van der Waals surface area contributed by atoms with Crippen LogP contribution in [0.4, 0.5) is 10.1 Å². The molecule has 1 fully saturated rings. The maximum atomic E-state index is 13.9. The van der Waals surface area contributed by atoms with Gasteiger partial charge in [-0.1, -0.05) is 12.1 Å². The van der Waals surface area contributed by atoms with Gasteiger partial charge in [0.15, 0.2) is 6.61 Å². The third-order valence-corrected chi connectivity index (χ3v) is 4.46. The van der Waals surface area contributed by atoms with E-state index in [0.29, 0.717) is 43.2 Å². The van der Waals surface area contributed by atoms with E-state index in [2.05, 4.69) is 4.74 Å². The van der Waals surface area contributed by atoms with E-state index in [1.807, 2.05) is 4.90 Å². The van der Waals surface area contributed by atoms with Gasteiger partial charge in [0.25, 0.3) is 5.91 Å². The van der Waals surface area contributed by atoms with Gasteiger partial charge in [-0.15, -0.1) is 0 Å². The minimum Gasteiger partial charge on any atom is -0.484 e. The van der Waals surface area contributed by atoms with Gasteiger partial charge in [-0.05, 0) is 36.4 Å². The fourth-order valence-corrected chi connectivity index (χ4v) is 2.95. The lowest BCUT2D eigenvalue weighted by Gasteiger charge is -2.36. The number of para-hydroxylation sites is 1. The maximum Gasteiger partial charge on any atom is 0.337 e. The number of piperazine rings is 1. The van der Waals surface area contributed by atoms with Crippen molar-refractivity contribution in [1.29, 1.82) is 0 Å². The van der Waals surface area contributed by atoms with Gasteiger partial charge in [0.1, 0.15) is 11.6 Å². The average Bonchev–Trinajstić information content (AvgIpc) is 2.72. The van der Waals surface area contributed by atoms with Gasteiger partial charge in [0.2, 0.25) is 0 Å². The van der Waals surface area contributed by atoms with Crippen LogP contribution >= 0.6 is 0 Å². The third-order valence-electron chi connectivity index (χ3n) is 4.46. The van der Waals surface area contributed by atoms with Crippen LogP contribution in [0.1, 0.15) is 10.4 Å². The molecule has 0 unspecified atom stereocenters. The van der Waals surface area contributed by atoms with Crippen molar-refractivity contribution in [2.75, 3.05) is 44.8 Å². The van der Waals surface area contributed by atoms with E-state index >= 15 is 0 Å². The summed E-state index contributed by atoms with van der Waals surface area (Å²) in [5.74, 6) is -0.303. The Morgan fingerprint density at radius 3 is 2.30 bits per heavy atom. The van der Waals surface area contributed by atoms with Crippen molar-refractivity contribution in [3.05, 3.63) is 59.9 Å². The van der Waals surface area contributed by atoms with Crippen LogP contribution in [0.3, 0.4) is 0 Å². The van der Waals surface area contributed by atoms with Crippen LogP contribution in [0.2, 0.25) is 0 Å². The van der Waals surface area contributed by atoms with Crippen LogP contribution in [-0.4, -0.2) is 56.7 Å². The van der Waals surface area contributed by atoms with E-state index in [9.17, 15) is 14.0 Å². The van der Waals surface area contributed by atoms with Gasteiger partial charge >= 0.3 is 5.97 Å². The van der Waals surface area contributed by atoms with E-state index in [1.165, 1.54) is 13.2 Å². The molecule has 1 aliphatic rings. The van der Waals surface area contributed by atoms with Crippen LogP contribution in [-0.2, 0) is 9.53 Å². The molecule has 27 heavy (non-hydrogen) atoms. The monoisotopic (exact) mass is 372 g/mol. The Labute approximate surface area is 157 Å². The van der Waals surface area contributed by atoms with Crippen molar-refractivity contribution in [3.8, 4) is 5.75 Å². The fraction of sp³-hybridized carbons (Fsp3) is 0.300. The molecule has 1 aliphatic heterocycles. The number of benzene rings is 2. The first-order chi connectivity index (χ1) is 13.1. The van der Waals surface area contributed by atoms with Crippen LogP contribution in [0, 0.1) is 5.82 Å². The molecule has 3 rings (SSSR count). The fourth-order valence-electron chi connectivity index (χ4n) is 2.95. The number of methoxy groups -OCH3 is 1. The summed E-state index contributed by atoms with van der Waals surface area (Å²) in [5.41, 5.74) is 0.979. The molecule has 0 aromatic heterocycles. The molecule has 0 spiro atoms. The number of anilines is 1. The van der Waals surface area contributed by atoms with Crippen molar-refractivity contribution in [2.24, 2.45) is 0 Å². The Balaban J connectivity index is 1.48. The molecule has 2 aromatic carbocycles. The van der Waals surface area contributed by atoms with Crippen LogP contribution in [0.5, 0.6) is 5.75 Å². The topological polar surface area (TPSA) is 59.1 Å². The summed E-state index contributed by atoms with van der Waals surface area (Å²) in [6.07, 6.45) is 0. The third kappa shape index (κ3) is 4.55. The first-order valence-corrected chi connectivity index (χ1v) is 8.67. The number of esters is 1. The molecule has 7 heteroatoms. The zero-order valence-electron chi connectivity index (χ0n) is 15.1. The number of hydrogen-bond acceptors (Lipinski definition) is 5. The highest BCUT2D eigenvalue weighted by Crippen LogP contribution is 2.20. The van der Waals surface area contributed by atoms with Crippen molar-refractivity contribution in [3.63, 3.8) is 0 Å². The van der Waals surface area contributed by atoms with Gasteiger partial charge in [-0.2, -0.15) is 0 Å². The number of amides is 1. The molecule has 0 aliphatic carbocycles. The van der Waals surface area contributed by atoms with Crippen LogP contribution < -0.4 is 9.64 Å². The van der Waals surface area contributed by atoms with E-state index in [1.54, 1.807) is 47.4 Å². The summed E-state index contributed by atoms with van der Waals surface area (Å²) < 4.78 is 24.0. The quantitative estimate of drug-likeness (QED) is 0.754. The van der Waals surface area contributed by atoms with E-state index < -0.39 is 5.97 Å². The summed E-state index contributed by atoms with van der Waals surface area (Å²) in [6, 6.07) is 13.0. The number of carbonyl (C=O) groups is 2. The molecule has 6 nitrogen and oxygen atoms in total. The highest BCUT2D eigenvalue weighted by Gasteiger charge is 2.22. The Bertz CT molecular complexity index is 802. The van der Waals surface area contributed by atoms with E-state index in [4.69, 9.17) is 4.74 Å². The second kappa shape index (κ2) is 8.53. The molecule has 0 N–H and O–H groups in total. The average molecular weight is 372 g/mol. The Hall–Kier alpha value is -3.09. The number of rotatable bonds is 5. The van der Waals surface area contributed by atoms with Crippen LogP contribution in [0.15, 0.2) is 48.5 Å². The summed E-state index contributed by atoms with van der Waals surface area (Å²) in [6.45, 7) is 2.08. The summed E-state index contributed by atoms with van der Waals surface area (Å²) in [4.78, 5) is 27.4. The number of hydrogen-bond donors (Lipinski definition) is 0. The van der Waals surface area contributed by atoms with Crippen molar-refractivity contribution in [1.82, 2.24) is 4.90 Å². The second-order valence-electron chi connectivity index (χ2n) is 6.12. The zero-order chi connectivity index (χ0) is 19.2. The molecule has 1 saturated heterocycles. The number of carbonyl (C=O) groups excluding carboxylic acids is 2. The zero-order valence-corrected chi connectivity index (χ0v) is 15.1. The minimum absolute atomic E-state index is 0.0860. The lowest BCUT2D eigenvalue weighted by Crippen LogP contribution is -2.50. The second-order valence-corrected chi connectivity index (χ2v) is 6.12. The van der Waals surface area contributed by atoms with Gasteiger partial charge in [0, 0.05) is 26.2 Å². The Morgan fingerprint density at radius 1 is 1.00 bits per heavy atom. The minimum atomic E-state index is -0.426. The summed E-state index contributed by atoms with van der Waals surface area (Å²) >= 11 is 0.